The molecule has 2 N–H and O–H groups in total. The summed E-state index contributed by atoms with van der Waals surface area (Å²) < 4.78 is 5.79. The van der Waals surface area contributed by atoms with E-state index < -0.39 is 0 Å². The molecule has 0 saturated carbocycles. The van der Waals surface area contributed by atoms with Crippen molar-refractivity contribution in [2.45, 2.75) is 38.4 Å². The summed E-state index contributed by atoms with van der Waals surface area (Å²) in [6.07, 6.45) is 4.83. The molecular weight excluding hydrogens is 176 g/mol. The molecule has 2 heterocycles. The van der Waals surface area contributed by atoms with Gasteiger partial charge in [-0.3, -0.25) is 4.90 Å². The lowest BCUT2D eigenvalue weighted by Crippen LogP contribution is -2.43. The summed E-state index contributed by atoms with van der Waals surface area (Å²) in [4.78, 5) is 2.55. The summed E-state index contributed by atoms with van der Waals surface area (Å²) >= 11 is 0. The second kappa shape index (κ2) is 4.60. The molecule has 2 rings (SSSR count). The van der Waals surface area contributed by atoms with E-state index in [1.54, 1.807) is 0 Å². The highest BCUT2D eigenvalue weighted by Crippen LogP contribution is 2.26. The lowest BCUT2D eigenvalue weighted by molar-refractivity contribution is -0.0392. The molecular formula is C11H22N2O. The van der Waals surface area contributed by atoms with Crippen LogP contribution in [0.15, 0.2) is 0 Å². The van der Waals surface area contributed by atoms with Gasteiger partial charge in [0.1, 0.15) is 0 Å². The molecule has 14 heavy (non-hydrogen) atoms. The number of hydrogen-bond donors (Lipinski definition) is 1. The molecule has 2 saturated heterocycles. The summed E-state index contributed by atoms with van der Waals surface area (Å²) in [7, 11) is 0. The Labute approximate surface area is 86.6 Å². The van der Waals surface area contributed by atoms with Gasteiger partial charge in [0.15, 0.2) is 0 Å². The Morgan fingerprint density at radius 1 is 1.36 bits per heavy atom. The summed E-state index contributed by atoms with van der Waals surface area (Å²) in [5.41, 5.74) is 5.61. The zero-order valence-corrected chi connectivity index (χ0v) is 9.11. The van der Waals surface area contributed by atoms with Crippen LogP contribution >= 0.6 is 0 Å². The normalized spacial score (nSPS) is 34.7. The number of fused-ring (bicyclic) bond motifs is 2. The summed E-state index contributed by atoms with van der Waals surface area (Å²) in [5, 5.41) is 0. The maximum Gasteiger partial charge on any atom is 0.0707 e. The second-order valence-electron chi connectivity index (χ2n) is 4.85. The molecule has 3 nitrogen and oxygen atoms in total. The maximum atomic E-state index is 5.79. The molecule has 82 valence electrons. The van der Waals surface area contributed by atoms with Crippen LogP contribution in [0, 0.1) is 5.92 Å². The van der Waals surface area contributed by atoms with E-state index in [0.717, 1.165) is 19.6 Å². The van der Waals surface area contributed by atoms with E-state index in [-0.39, 0.29) is 0 Å². The zero-order chi connectivity index (χ0) is 9.97. The minimum Gasteiger partial charge on any atom is -0.372 e. The Kier molecular flexibility index (Phi) is 3.42. The predicted octanol–water partition coefficient (Wildman–Crippen LogP) is 0.835. The molecule has 0 aromatic rings. The largest absolute Gasteiger partial charge is 0.372 e. The standard InChI is InChI=1S/C11H22N2O/c1-9(6-12)4-5-13-7-10-2-3-11(8-13)14-10/h9-11H,2-8,12H2,1H3. The van der Waals surface area contributed by atoms with Gasteiger partial charge < -0.3 is 10.5 Å². The minimum atomic E-state index is 0.530. The third kappa shape index (κ3) is 2.47. The monoisotopic (exact) mass is 198 g/mol. The first-order valence-corrected chi connectivity index (χ1v) is 5.86. The van der Waals surface area contributed by atoms with Gasteiger partial charge in [0.25, 0.3) is 0 Å². The van der Waals surface area contributed by atoms with Crippen LogP contribution in [-0.4, -0.2) is 43.3 Å². The summed E-state index contributed by atoms with van der Waals surface area (Å²) in [5.74, 6) is 0.662. The first-order chi connectivity index (χ1) is 6.78. The Balaban J connectivity index is 1.71. The molecule has 0 aromatic carbocycles. The van der Waals surface area contributed by atoms with Gasteiger partial charge in [0.2, 0.25) is 0 Å². The van der Waals surface area contributed by atoms with Gasteiger partial charge in [-0.1, -0.05) is 6.92 Å². The minimum absolute atomic E-state index is 0.530. The molecule has 0 aromatic heterocycles. The fourth-order valence-electron chi connectivity index (χ4n) is 2.40. The molecule has 3 unspecified atom stereocenters. The van der Waals surface area contributed by atoms with Crippen LogP contribution in [0.1, 0.15) is 26.2 Å². The average Bonchev–Trinajstić information content (AvgIpc) is 2.54. The van der Waals surface area contributed by atoms with Gasteiger partial charge in [-0.2, -0.15) is 0 Å². The molecule has 2 aliphatic heterocycles. The molecule has 0 spiro atoms. The van der Waals surface area contributed by atoms with Crippen molar-refractivity contribution in [1.82, 2.24) is 4.90 Å². The lowest BCUT2D eigenvalue weighted by atomic mass is 10.1. The van der Waals surface area contributed by atoms with E-state index in [2.05, 4.69) is 11.8 Å². The molecule has 2 fully saturated rings. The van der Waals surface area contributed by atoms with Gasteiger partial charge in [-0.15, -0.1) is 0 Å². The molecule has 3 heteroatoms. The number of nitrogens with two attached hydrogens (primary N) is 1. The smallest absolute Gasteiger partial charge is 0.0707 e. The first kappa shape index (κ1) is 10.4. The Morgan fingerprint density at radius 3 is 2.57 bits per heavy atom. The van der Waals surface area contributed by atoms with Crippen molar-refractivity contribution in [3.63, 3.8) is 0 Å². The summed E-state index contributed by atoms with van der Waals surface area (Å²) in [6.45, 7) is 6.54. The van der Waals surface area contributed by atoms with E-state index in [4.69, 9.17) is 10.5 Å². The topological polar surface area (TPSA) is 38.5 Å². The number of nitrogens with zero attached hydrogens (tertiary/aromatic N) is 1. The highest BCUT2D eigenvalue weighted by molar-refractivity contribution is 4.84. The van der Waals surface area contributed by atoms with Gasteiger partial charge in [0.05, 0.1) is 12.2 Å². The third-order valence-electron chi connectivity index (χ3n) is 3.46. The fraction of sp³-hybridized carbons (Fsp3) is 1.00. The highest BCUT2D eigenvalue weighted by Gasteiger charge is 2.33. The lowest BCUT2D eigenvalue weighted by Gasteiger charge is -2.32. The fourth-order valence-corrected chi connectivity index (χ4v) is 2.40. The first-order valence-electron chi connectivity index (χ1n) is 5.86. The van der Waals surface area contributed by atoms with Crippen molar-refractivity contribution in [3.8, 4) is 0 Å². The molecule has 2 aliphatic rings. The van der Waals surface area contributed by atoms with Crippen molar-refractivity contribution in [2.75, 3.05) is 26.2 Å². The molecule has 0 radical (unpaired) electrons. The average molecular weight is 198 g/mol. The van der Waals surface area contributed by atoms with Gasteiger partial charge >= 0.3 is 0 Å². The van der Waals surface area contributed by atoms with Gasteiger partial charge in [-0.05, 0) is 38.3 Å². The van der Waals surface area contributed by atoms with Crippen molar-refractivity contribution in [2.24, 2.45) is 11.7 Å². The van der Waals surface area contributed by atoms with Crippen LogP contribution in [0.2, 0.25) is 0 Å². The number of ether oxygens (including phenoxy) is 1. The van der Waals surface area contributed by atoms with Crippen LogP contribution in [0.4, 0.5) is 0 Å². The van der Waals surface area contributed by atoms with Crippen molar-refractivity contribution < 1.29 is 4.74 Å². The second-order valence-corrected chi connectivity index (χ2v) is 4.85. The van der Waals surface area contributed by atoms with Crippen molar-refractivity contribution >= 4 is 0 Å². The molecule has 3 atom stereocenters. The van der Waals surface area contributed by atoms with Crippen LogP contribution in [0.25, 0.3) is 0 Å². The van der Waals surface area contributed by atoms with Crippen LogP contribution < -0.4 is 5.73 Å². The van der Waals surface area contributed by atoms with Crippen molar-refractivity contribution in [1.29, 1.82) is 0 Å². The van der Waals surface area contributed by atoms with Crippen LogP contribution in [-0.2, 0) is 4.74 Å². The Bertz CT molecular complexity index is 174. The summed E-state index contributed by atoms with van der Waals surface area (Å²) in [6, 6.07) is 0. The molecule has 0 amide bonds. The quantitative estimate of drug-likeness (QED) is 0.727. The van der Waals surface area contributed by atoms with Crippen LogP contribution in [0.5, 0.6) is 0 Å². The van der Waals surface area contributed by atoms with Gasteiger partial charge in [-0.25, -0.2) is 0 Å². The van der Waals surface area contributed by atoms with E-state index >= 15 is 0 Å². The third-order valence-corrected chi connectivity index (χ3v) is 3.46. The van der Waals surface area contributed by atoms with Crippen molar-refractivity contribution in [3.05, 3.63) is 0 Å². The van der Waals surface area contributed by atoms with Crippen LogP contribution in [0.3, 0.4) is 0 Å². The zero-order valence-electron chi connectivity index (χ0n) is 9.11. The number of hydrogen-bond acceptors (Lipinski definition) is 3. The number of morpholine rings is 1. The Morgan fingerprint density at radius 2 is 2.00 bits per heavy atom. The number of likely N-dealkylation sites (tertiary alicyclic amines) is 1. The molecule has 0 aliphatic carbocycles. The van der Waals surface area contributed by atoms with E-state index in [1.165, 1.54) is 25.8 Å². The maximum absolute atomic E-state index is 5.79. The van der Waals surface area contributed by atoms with Gasteiger partial charge in [0, 0.05) is 13.1 Å². The van der Waals surface area contributed by atoms with E-state index in [1.807, 2.05) is 0 Å². The SMILES string of the molecule is CC(CN)CCN1CC2CCC(C1)O2. The predicted molar refractivity (Wildman–Crippen MR) is 57.2 cm³/mol. The van der Waals surface area contributed by atoms with E-state index in [9.17, 15) is 0 Å². The Hall–Kier alpha value is -0.120. The highest BCUT2D eigenvalue weighted by atomic mass is 16.5. The number of rotatable bonds is 4. The molecule has 2 bridgehead atoms. The van der Waals surface area contributed by atoms with E-state index in [0.29, 0.717) is 18.1 Å².